The molecule has 2 rings (SSSR count). The molecule has 0 bridgehead atoms. The van der Waals surface area contributed by atoms with Gasteiger partial charge in [0, 0.05) is 6.42 Å². The van der Waals surface area contributed by atoms with E-state index < -0.39 is 15.6 Å². The predicted molar refractivity (Wildman–Crippen MR) is 83.4 cm³/mol. The van der Waals surface area contributed by atoms with Crippen LogP contribution < -0.4 is 4.18 Å². The molecule has 1 aromatic carbocycles. The topological polar surface area (TPSA) is 69.7 Å². The zero-order chi connectivity index (χ0) is 18.7. The first-order valence-electron chi connectivity index (χ1n) is 7.92. The third kappa shape index (κ3) is 5.10. The second kappa shape index (κ2) is 7.63. The molecule has 0 aliphatic heterocycles. The molecule has 0 amide bonds. The minimum absolute atomic E-state index is 0.0942. The summed E-state index contributed by atoms with van der Waals surface area (Å²) >= 11 is 0. The molecule has 0 spiro atoms. The Morgan fingerprint density at radius 2 is 1.68 bits per heavy atom. The van der Waals surface area contributed by atoms with Crippen molar-refractivity contribution in [2.24, 2.45) is 0 Å². The third-order valence-corrected chi connectivity index (χ3v) is 5.08. The number of ether oxygens (including phenoxy) is 1. The predicted octanol–water partition coefficient (Wildman–Crippen LogP) is 3.89. The van der Waals surface area contributed by atoms with Gasteiger partial charge in [0.05, 0.1) is 0 Å². The first-order chi connectivity index (χ1) is 11.6. The molecular formula is C16H19F3O5S. The fraction of sp³-hybridized carbons (Fsp3) is 0.562. The number of hydrogen-bond acceptors (Lipinski definition) is 5. The van der Waals surface area contributed by atoms with Crippen LogP contribution in [0.15, 0.2) is 24.3 Å². The van der Waals surface area contributed by atoms with E-state index in [0.29, 0.717) is 6.42 Å². The van der Waals surface area contributed by atoms with E-state index in [9.17, 15) is 26.4 Å². The van der Waals surface area contributed by atoms with Crippen LogP contribution in [0, 0.1) is 0 Å². The van der Waals surface area contributed by atoms with Gasteiger partial charge in [-0.15, -0.1) is 0 Å². The van der Waals surface area contributed by atoms with Crippen molar-refractivity contribution in [3.63, 3.8) is 0 Å². The Labute approximate surface area is 144 Å². The highest BCUT2D eigenvalue weighted by Gasteiger charge is 2.48. The monoisotopic (exact) mass is 380 g/mol. The van der Waals surface area contributed by atoms with Crippen LogP contribution in [0.2, 0.25) is 0 Å². The minimum atomic E-state index is -5.66. The van der Waals surface area contributed by atoms with Gasteiger partial charge in [-0.3, -0.25) is 4.79 Å². The van der Waals surface area contributed by atoms with E-state index in [1.165, 1.54) is 12.1 Å². The summed E-state index contributed by atoms with van der Waals surface area (Å²) in [5.74, 6) is -0.424. The van der Waals surface area contributed by atoms with Crippen LogP contribution in [-0.2, 0) is 19.6 Å². The second-order valence-corrected chi connectivity index (χ2v) is 7.41. The number of halogens is 3. The molecule has 0 radical (unpaired) electrons. The average Bonchev–Trinajstić information content (AvgIpc) is 2.55. The number of rotatable bonds is 5. The minimum Gasteiger partial charge on any atom is -0.462 e. The van der Waals surface area contributed by atoms with Gasteiger partial charge in [0.15, 0.2) is 0 Å². The van der Waals surface area contributed by atoms with E-state index in [4.69, 9.17) is 4.74 Å². The van der Waals surface area contributed by atoms with Crippen molar-refractivity contribution >= 4 is 16.1 Å². The van der Waals surface area contributed by atoms with E-state index in [1.54, 1.807) is 19.1 Å². The van der Waals surface area contributed by atoms with Crippen molar-refractivity contribution in [1.29, 1.82) is 0 Å². The fourth-order valence-electron chi connectivity index (χ4n) is 2.75. The molecule has 5 nitrogen and oxygen atoms in total. The molecule has 1 saturated carbocycles. The van der Waals surface area contributed by atoms with E-state index >= 15 is 0 Å². The molecule has 1 aliphatic carbocycles. The summed E-state index contributed by atoms with van der Waals surface area (Å²) in [5.41, 5.74) is -4.57. The number of hydrogen-bond donors (Lipinski definition) is 0. The van der Waals surface area contributed by atoms with Crippen molar-refractivity contribution in [3.05, 3.63) is 29.8 Å². The standard InChI is InChI=1S/C16H19F3O5S/c1-2-15(20)23-13-7-3-11(4-8-13)12-5-9-14(10-6-12)24-25(21,22)16(17,18)19/h5-6,9-11,13H,2-4,7-8H2,1H3. The third-order valence-electron chi connectivity index (χ3n) is 4.10. The summed E-state index contributed by atoms with van der Waals surface area (Å²) in [4.78, 5) is 11.3. The fourth-order valence-corrected chi connectivity index (χ4v) is 3.21. The summed E-state index contributed by atoms with van der Waals surface area (Å²) in [5, 5.41) is 0. The molecule has 0 N–H and O–H groups in total. The molecule has 0 aromatic heterocycles. The number of benzene rings is 1. The number of carbonyl (C=O) groups excluding carboxylic acids is 1. The molecule has 0 saturated heterocycles. The molecule has 0 heterocycles. The lowest BCUT2D eigenvalue weighted by atomic mass is 9.83. The largest absolute Gasteiger partial charge is 0.534 e. The first-order valence-corrected chi connectivity index (χ1v) is 9.33. The van der Waals surface area contributed by atoms with Crippen LogP contribution in [0.4, 0.5) is 13.2 Å². The molecule has 0 atom stereocenters. The lowest BCUT2D eigenvalue weighted by Gasteiger charge is -2.28. The van der Waals surface area contributed by atoms with Crippen LogP contribution in [0.1, 0.15) is 50.5 Å². The highest BCUT2D eigenvalue weighted by molar-refractivity contribution is 7.88. The van der Waals surface area contributed by atoms with E-state index in [2.05, 4.69) is 4.18 Å². The molecule has 9 heteroatoms. The molecular weight excluding hydrogens is 361 g/mol. The van der Waals surface area contributed by atoms with Gasteiger partial charge >= 0.3 is 21.6 Å². The van der Waals surface area contributed by atoms with Gasteiger partial charge < -0.3 is 8.92 Å². The lowest BCUT2D eigenvalue weighted by Crippen LogP contribution is -2.28. The number of alkyl halides is 3. The Hall–Kier alpha value is -1.77. The van der Waals surface area contributed by atoms with Crippen LogP contribution in [0.5, 0.6) is 5.75 Å². The van der Waals surface area contributed by atoms with E-state index in [-0.39, 0.29) is 23.7 Å². The highest BCUT2D eigenvalue weighted by Crippen LogP contribution is 2.35. The van der Waals surface area contributed by atoms with Crippen molar-refractivity contribution in [2.75, 3.05) is 0 Å². The van der Waals surface area contributed by atoms with Gasteiger partial charge in [-0.2, -0.15) is 21.6 Å². The molecule has 140 valence electrons. The maximum Gasteiger partial charge on any atom is 0.534 e. The molecule has 1 fully saturated rings. The van der Waals surface area contributed by atoms with E-state index in [1.807, 2.05) is 0 Å². The summed E-state index contributed by atoms with van der Waals surface area (Å²) < 4.78 is 68.2. The Kier molecular flexibility index (Phi) is 5.97. The molecule has 0 unspecified atom stereocenters. The zero-order valence-corrected chi connectivity index (χ0v) is 14.4. The smallest absolute Gasteiger partial charge is 0.462 e. The van der Waals surface area contributed by atoms with Crippen LogP contribution in [-0.4, -0.2) is 26.0 Å². The van der Waals surface area contributed by atoms with Crippen LogP contribution in [0.25, 0.3) is 0 Å². The van der Waals surface area contributed by atoms with Gasteiger partial charge in [0.1, 0.15) is 11.9 Å². The lowest BCUT2D eigenvalue weighted by molar-refractivity contribution is -0.150. The molecule has 1 aliphatic rings. The number of carbonyl (C=O) groups is 1. The second-order valence-electron chi connectivity index (χ2n) is 5.87. The normalized spacial score (nSPS) is 21.6. The summed E-state index contributed by atoms with van der Waals surface area (Å²) in [6, 6.07) is 5.54. The van der Waals surface area contributed by atoms with Crippen molar-refractivity contribution < 1.29 is 35.3 Å². The zero-order valence-electron chi connectivity index (χ0n) is 13.6. The molecule has 1 aromatic rings. The quantitative estimate of drug-likeness (QED) is 0.440. The van der Waals surface area contributed by atoms with Gasteiger partial charge in [-0.1, -0.05) is 19.1 Å². The van der Waals surface area contributed by atoms with E-state index in [0.717, 1.165) is 31.2 Å². The van der Waals surface area contributed by atoms with Crippen LogP contribution >= 0.6 is 0 Å². The Balaban J connectivity index is 1.94. The maximum absolute atomic E-state index is 12.3. The Morgan fingerprint density at radius 3 is 2.16 bits per heavy atom. The number of esters is 1. The first kappa shape index (κ1) is 19.6. The van der Waals surface area contributed by atoms with Gasteiger partial charge in [0.2, 0.25) is 0 Å². The van der Waals surface area contributed by atoms with Gasteiger partial charge in [-0.05, 0) is 49.3 Å². The van der Waals surface area contributed by atoms with Crippen LogP contribution in [0.3, 0.4) is 0 Å². The average molecular weight is 380 g/mol. The summed E-state index contributed by atoms with van der Waals surface area (Å²) in [6.45, 7) is 1.73. The van der Waals surface area contributed by atoms with Crippen molar-refractivity contribution in [1.82, 2.24) is 0 Å². The van der Waals surface area contributed by atoms with Gasteiger partial charge in [-0.25, -0.2) is 0 Å². The Morgan fingerprint density at radius 1 is 1.12 bits per heavy atom. The van der Waals surface area contributed by atoms with Crippen molar-refractivity contribution in [2.45, 2.75) is 56.6 Å². The summed E-state index contributed by atoms with van der Waals surface area (Å²) in [6.07, 6.45) is 3.24. The highest BCUT2D eigenvalue weighted by atomic mass is 32.2. The Bertz CT molecular complexity index is 689. The van der Waals surface area contributed by atoms with Gasteiger partial charge in [0.25, 0.3) is 0 Å². The summed E-state index contributed by atoms with van der Waals surface area (Å²) in [7, 11) is -5.66. The molecule has 25 heavy (non-hydrogen) atoms. The SMILES string of the molecule is CCC(=O)OC1CCC(c2ccc(OS(=O)(=O)C(F)(F)F)cc2)CC1. The van der Waals surface area contributed by atoms with Crippen molar-refractivity contribution in [3.8, 4) is 5.75 Å². The maximum atomic E-state index is 12.3.